The van der Waals surface area contributed by atoms with Crippen molar-refractivity contribution in [2.45, 2.75) is 13.5 Å². The third-order valence-corrected chi connectivity index (χ3v) is 2.82. The lowest BCUT2D eigenvalue weighted by molar-refractivity contribution is 1.03. The maximum Gasteiger partial charge on any atom is 0.106 e. The Hall–Kier alpha value is -1.35. The molecule has 3 heteroatoms. The van der Waals surface area contributed by atoms with Crippen LogP contribution < -0.4 is 5.32 Å². The molecule has 2 rings (SSSR count). The van der Waals surface area contributed by atoms with E-state index in [0.29, 0.717) is 0 Å². The number of para-hydroxylation sites is 1. The third kappa shape index (κ3) is 2.83. The molecule has 0 radical (unpaired) electrons. The number of aromatic nitrogens is 1. The minimum absolute atomic E-state index is 0.740. The van der Waals surface area contributed by atoms with Gasteiger partial charge in [-0.15, -0.1) is 0 Å². The number of pyridine rings is 1. The van der Waals surface area contributed by atoms with E-state index in [0.717, 1.165) is 22.5 Å². The number of hydrogen-bond acceptors (Lipinski definition) is 2. The number of rotatable bonds is 3. The Bertz CT molecular complexity index is 483. The maximum atomic E-state index is 4.37. The van der Waals surface area contributed by atoms with Gasteiger partial charge in [0.1, 0.15) is 4.60 Å². The summed E-state index contributed by atoms with van der Waals surface area (Å²) in [6, 6.07) is 14.2. The Kier molecular flexibility index (Phi) is 3.57. The fourth-order valence-corrected chi connectivity index (χ4v) is 1.89. The highest BCUT2D eigenvalue weighted by Crippen LogP contribution is 2.14. The molecule has 0 atom stereocenters. The second-order valence-corrected chi connectivity index (χ2v) is 4.43. The van der Waals surface area contributed by atoms with Crippen molar-refractivity contribution >= 4 is 21.6 Å². The van der Waals surface area contributed by atoms with Gasteiger partial charge in [0.25, 0.3) is 0 Å². The van der Waals surface area contributed by atoms with Gasteiger partial charge in [0, 0.05) is 5.69 Å². The van der Waals surface area contributed by atoms with Gasteiger partial charge in [-0.2, -0.15) is 0 Å². The standard InChI is InChI=1S/C13H13BrN2/c1-10-5-2-3-7-12(10)15-9-11-6-4-8-13(14)16-11/h2-8,15H,9H2,1H3. The van der Waals surface area contributed by atoms with Crippen molar-refractivity contribution in [2.75, 3.05) is 5.32 Å². The zero-order valence-electron chi connectivity index (χ0n) is 9.07. The second-order valence-electron chi connectivity index (χ2n) is 3.62. The summed E-state index contributed by atoms with van der Waals surface area (Å²) in [6.07, 6.45) is 0. The van der Waals surface area contributed by atoms with Crippen molar-refractivity contribution < 1.29 is 0 Å². The molecule has 1 heterocycles. The first-order chi connectivity index (χ1) is 7.75. The number of hydrogen-bond donors (Lipinski definition) is 1. The summed E-state index contributed by atoms with van der Waals surface area (Å²) >= 11 is 3.36. The van der Waals surface area contributed by atoms with Crippen LogP contribution in [0.25, 0.3) is 0 Å². The van der Waals surface area contributed by atoms with Gasteiger partial charge in [0.15, 0.2) is 0 Å². The van der Waals surface area contributed by atoms with Crippen LogP contribution in [0.3, 0.4) is 0 Å². The van der Waals surface area contributed by atoms with Gasteiger partial charge in [0.2, 0.25) is 0 Å². The van der Waals surface area contributed by atoms with Gasteiger partial charge < -0.3 is 5.32 Å². The predicted octanol–water partition coefficient (Wildman–Crippen LogP) is 3.76. The first-order valence-electron chi connectivity index (χ1n) is 5.16. The molecule has 82 valence electrons. The number of aryl methyl sites for hydroxylation is 1. The molecular weight excluding hydrogens is 264 g/mol. The molecule has 2 nitrogen and oxygen atoms in total. The molecule has 0 fully saturated rings. The lowest BCUT2D eigenvalue weighted by Crippen LogP contribution is -2.02. The van der Waals surface area contributed by atoms with E-state index >= 15 is 0 Å². The van der Waals surface area contributed by atoms with Crippen LogP contribution in [-0.4, -0.2) is 4.98 Å². The first kappa shape index (κ1) is 11.1. The number of benzene rings is 1. The number of nitrogens with zero attached hydrogens (tertiary/aromatic N) is 1. The molecule has 0 aliphatic heterocycles. The Labute approximate surface area is 104 Å². The minimum atomic E-state index is 0.740. The maximum absolute atomic E-state index is 4.37. The summed E-state index contributed by atoms with van der Waals surface area (Å²) < 4.78 is 0.872. The van der Waals surface area contributed by atoms with Crippen LogP contribution in [0, 0.1) is 6.92 Å². The Morgan fingerprint density at radius 2 is 1.94 bits per heavy atom. The molecule has 1 aromatic heterocycles. The Balaban J connectivity index is 2.05. The highest BCUT2D eigenvalue weighted by atomic mass is 79.9. The van der Waals surface area contributed by atoms with Crippen LogP contribution in [0.15, 0.2) is 47.1 Å². The quantitative estimate of drug-likeness (QED) is 0.864. The zero-order valence-corrected chi connectivity index (χ0v) is 10.7. The van der Waals surface area contributed by atoms with Crippen LogP contribution in [0.5, 0.6) is 0 Å². The van der Waals surface area contributed by atoms with Crippen LogP contribution in [0.4, 0.5) is 5.69 Å². The molecule has 0 amide bonds. The van der Waals surface area contributed by atoms with E-state index in [1.54, 1.807) is 0 Å². The lowest BCUT2D eigenvalue weighted by atomic mass is 10.2. The van der Waals surface area contributed by atoms with Crippen LogP contribution in [-0.2, 0) is 6.54 Å². The van der Waals surface area contributed by atoms with Gasteiger partial charge in [-0.25, -0.2) is 4.98 Å². The topological polar surface area (TPSA) is 24.9 Å². The summed E-state index contributed by atoms with van der Waals surface area (Å²) in [7, 11) is 0. The average molecular weight is 277 g/mol. The van der Waals surface area contributed by atoms with E-state index in [2.05, 4.69) is 45.3 Å². The molecule has 0 bridgehead atoms. The molecule has 0 saturated heterocycles. The SMILES string of the molecule is Cc1ccccc1NCc1cccc(Br)n1. The molecule has 1 N–H and O–H groups in total. The fraction of sp³-hybridized carbons (Fsp3) is 0.154. The van der Waals surface area contributed by atoms with Crippen molar-refractivity contribution in [3.8, 4) is 0 Å². The summed E-state index contributed by atoms with van der Waals surface area (Å²) in [6.45, 7) is 2.83. The van der Waals surface area contributed by atoms with Crippen molar-refractivity contribution in [2.24, 2.45) is 0 Å². The van der Waals surface area contributed by atoms with E-state index in [1.807, 2.05) is 30.3 Å². The average Bonchev–Trinajstić information content (AvgIpc) is 2.28. The van der Waals surface area contributed by atoms with Crippen LogP contribution >= 0.6 is 15.9 Å². The van der Waals surface area contributed by atoms with Crippen LogP contribution in [0.1, 0.15) is 11.3 Å². The normalized spacial score (nSPS) is 10.1. The molecule has 2 aromatic rings. The summed E-state index contributed by atoms with van der Waals surface area (Å²) in [5.41, 5.74) is 3.43. The third-order valence-electron chi connectivity index (χ3n) is 2.38. The van der Waals surface area contributed by atoms with E-state index in [9.17, 15) is 0 Å². The molecule has 0 unspecified atom stereocenters. The minimum Gasteiger partial charge on any atom is -0.379 e. The monoisotopic (exact) mass is 276 g/mol. The fourth-order valence-electron chi connectivity index (χ4n) is 1.51. The van der Waals surface area contributed by atoms with E-state index < -0.39 is 0 Å². The number of nitrogens with one attached hydrogen (secondary N) is 1. The second kappa shape index (κ2) is 5.12. The molecule has 0 aliphatic rings. The van der Waals surface area contributed by atoms with Crippen molar-refractivity contribution in [3.63, 3.8) is 0 Å². The van der Waals surface area contributed by atoms with Gasteiger partial charge in [-0.05, 0) is 46.6 Å². The number of anilines is 1. The lowest BCUT2D eigenvalue weighted by Gasteiger charge is -2.08. The molecule has 16 heavy (non-hydrogen) atoms. The molecule has 0 aliphatic carbocycles. The van der Waals surface area contributed by atoms with Gasteiger partial charge in [0.05, 0.1) is 12.2 Å². The molecule has 1 aromatic carbocycles. The summed E-state index contributed by atoms with van der Waals surface area (Å²) in [5, 5.41) is 3.37. The van der Waals surface area contributed by atoms with Gasteiger partial charge in [-0.3, -0.25) is 0 Å². The van der Waals surface area contributed by atoms with Gasteiger partial charge >= 0.3 is 0 Å². The van der Waals surface area contributed by atoms with Crippen LogP contribution in [0.2, 0.25) is 0 Å². The first-order valence-corrected chi connectivity index (χ1v) is 5.96. The van der Waals surface area contributed by atoms with Gasteiger partial charge in [-0.1, -0.05) is 24.3 Å². The number of halogens is 1. The van der Waals surface area contributed by atoms with E-state index in [1.165, 1.54) is 5.56 Å². The molecule has 0 spiro atoms. The molecular formula is C13H13BrN2. The highest BCUT2D eigenvalue weighted by molar-refractivity contribution is 9.10. The largest absolute Gasteiger partial charge is 0.379 e. The molecule has 0 saturated carbocycles. The van der Waals surface area contributed by atoms with E-state index in [4.69, 9.17) is 0 Å². The highest BCUT2D eigenvalue weighted by Gasteiger charge is 1.98. The van der Waals surface area contributed by atoms with Crippen molar-refractivity contribution in [1.82, 2.24) is 4.98 Å². The zero-order chi connectivity index (χ0) is 11.4. The smallest absolute Gasteiger partial charge is 0.106 e. The van der Waals surface area contributed by atoms with E-state index in [-0.39, 0.29) is 0 Å². The summed E-state index contributed by atoms with van der Waals surface area (Å²) in [5.74, 6) is 0. The predicted molar refractivity (Wildman–Crippen MR) is 70.4 cm³/mol. The van der Waals surface area contributed by atoms with Crippen molar-refractivity contribution in [3.05, 3.63) is 58.3 Å². The Morgan fingerprint density at radius 3 is 2.69 bits per heavy atom. The summed E-state index contributed by atoms with van der Waals surface area (Å²) in [4.78, 5) is 4.37. The Morgan fingerprint density at radius 1 is 1.12 bits per heavy atom. The van der Waals surface area contributed by atoms with Crippen molar-refractivity contribution in [1.29, 1.82) is 0 Å².